The second-order valence-corrected chi connectivity index (χ2v) is 12.5. The van der Waals surface area contributed by atoms with E-state index in [2.05, 4.69) is 55.0 Å². The van der Waals surface area contributed by atoms with Crippen LogP contribution in [0.3, 0.4) is 0 Å². The fraction of sp³-hybridized carbons (Fsp3) is 0.400. The van der Waals surface area contributed by atoms with E-state index in [1.807, 2.05) is 61.6 Å². The van der Waals surface area contributed by atoms with E-state index in [-0.39, 0.29) is 24.4 Å². The van der Waals surface area contributed by atoms with Crippen molar-refractivity contribution < 1.29 is 19.5 Å². The minimum atomic E-state index is -1.26. The monoisotopic (exact) mass is 638 g/mol. The molecule has 0 bridgehead atoms. The Kier molecular flexibility index (Phi) is 10.1. The molecule has 3 N–H and O–H groups in total. The van der Waals surface area contributed by atoms with Crippen LogP contribution >= 0.6 is 0 Å². The molecule has 3 atom stereocenters. The van der Waals surface area contributed by atoms with Crippen LogP contribution in [-0.2, 0) is 36.1 Å². The summed E-state index contributed by atoms with van der Waals surface area (Å²) in [7, 11) is 1.83. The topological polar surface area (TPSA) is 136 Å². The molecule has 12 nitrogen and oxygen atoms in total. The van der Waals surface area contributed by atoms with Crippen molar-refractivity contribution in [1.82, 2.24) is 40.3 Å². The van der Waals surface area contributed by atoms with Gasteiger partial charge in [-0.15, -0.1) is 5.10 Å². The Morgan fingerprint density at radius 3 is 2.32 bits per heavy atom. The number of amides is 3. The third-order valence-electron chi connectivity index (χ3n) is 9.34. The van der Waals surface area contributed by atoms with Crippen molar-refractivity contribution in [1.29, 1.82) is 0 Å². The van der Waals surface area contributed by atoms with E-state index in [1.165, 1.54) is 5.56 Å². The maximum Gasteiger partial charge on any atom is 0.405 e. The molecule has 0 aliphatic carbocycles. The fourth-order valence-electron chi connectivity index (χ4n) is 6.76. The lowest BCUT2D eigenvalue weighted by atomic mass is 10.0. The van der Waals surface area contributed by atoms with Gasteiger partial charge in [-0.25, -0.2) is 9.48 Å². The van der Waals surface area contributed by atoms with Gasteiger partial charge in [0.25, 0.3) is 0 Å². The summed E-state index contributed by atoms with van der Waals surface area (Å²) in [4.78, 5) is 46.1. The third kappa shape index (κ3) is 7.95. The lowest BCUT2D eigenvalue weighted by molar-refractivity contribution is -0.140. The summed E-state index contributed by atoms with van der Waals surface area (Å²) in [6.45, 7) is 4.97. The predicted molar refractivity (Wildman–Crippen MR) is 177 cm³/mol. The van der Waals surface area contributed by atoms with Crippen LogP contribution in [0, 0.1) is 0 Å². The van der Waals surface area contributed by atoms with Crippen LogP contribution in [0.2, 0.25) is 0 Å². The smallest absolute Gasteiger partial charge is 0.405 e. The molecule has 1 unspecified atom stereocenters. The van der Waals surface area contributed by atoms with Gasteiger partial charge in [0.2, 0.25) is 11.8 Å². The van der Waals surface area contributed by atoms with E-state index in [9.17, 15) is 19.5 Å². The van der Waals surface area contributed by atoms with Crippen molar-refractivity contribution in [3.8, 4) is 0 Å². The second kappa shape index (κ2) is 14.7. The molecular formula is C35H42N8O4. The average molecular weight is 639 g/mol. The number of aromatic nitrogens is 3. The normalized spacial score (nSPS) is 19.5. The van der Waals surface area contributed by atoms with Crippen molar-refractivity contribution in [2.24, 2.45) is 7.05 Å². The van der Waals surface area contributed by atoms with Crippen LogP contribution in [0.4, 0.5) is 4.79 Å². The number of carbonyl (C=O) groups is 3. The highest BCUT2D eigenvalue weighted by Crippen LogP contribution is 2.26. The van der Waals surface area contributed by atoms with E-state index < -0.39 is 18.2 Å². The highest BCUT2D eigenvalue weighted by Gasteiger charge is 2.44. The molecule has 0 spiro atoms. The Hall–Kier alpha value is -4.81. The van der Waals surface area contributed by atoms with Crippen molar-refractivity contribution >= 4 is 28.9 Å². The van der Waals surface area contributed by atoms with Gasteiger partial charge in [-0.05, 0) is 48.1 Å². The number of rotatable bonds is 11. The van der Waals surface area contributed by atoms with Gasteiger partial charge in [0.05, 0.1) is 5.52 Å². The zero-order valence-corrected chi connectivity index (χ0v) is 26.7. The van der Waals surface area contributed by atoms with Gasteiger partial charge in [-0.1, -0.05) is 71.9 Å². The number of carboxylic acid groups (broad SMARTS) is 1. The summed E-state index contributed by atoms with van der Waals surface area (Å²) >= 11 is 0. The third-order valence-corrected chi connectivity index (χ3v) is 9.34. The predicted octanol–water partition coefficient (Wildman–Crippen LogP) is 2.64. The molecule has 0 radical (unpaired) electrons. The average Bonchev–Trinajstić information content (AvgIpc) is 3.70. The molecule has 6 rings (SSSR count). The number of piperazine rings is 1. The summed E-state index contributed by atoms with van der Waals surface area (Å²) in [6, 6.07) is 24.1. The largest absolute Gasteiger partial charge is 0.465 e. The van der Waals surface area contributed by atoms with Crippen LogP contribution in [-0.4, -0.2) is 104 Å². The molecule has 47 heavy (non-hydrogen) atoms. The number of likely N-dealkylation sites (tertiary alicyclic amines) is 1. The molecule has 4 aromatic rings. The number of carbonyl (C=O) groups excluding carboxylic acids is 2. The van der Waals surface area contributed by atoms with Crippen molar-refractivity contribution in [2.45, 2.75) is 50.5 Å². The van der Waals surface area contributed by atoms with Gasteiger partial charge >= 0.3 is 6.09 Å². The summed E-state index contributed by atoms with van der Waals surface area (Å²) in [6.07, 6.45) is 0.0424. The van der Waals surface area contributed by atoms with Crippen molar-refractivity contribution in [3.05, 3.63) is 95.6 Å². The maximum atomic E-state index is 14.1. The van der Waals surface area contributed by atoms with Crippen LogP contribution in [0.25, 0.3) is 11.0 Å². The summed E-state index contributed by atoms with van der Waals surface area (Å²) in [5.41, 5.74) is 4.80. The first-order valence-electron chi connectivity index (χ1n) is 16.2. The first kappa shape index (κ1) is 32.1. The Morgan fingerprint density at radius 1 is 0.915 bits per heavy atom. The van der Waals surface area contributed by atoms with Gasteiger partial charge < -0.3 is 20.6 Å². The molecule has 3 aromatic carbocycles. The van der Waals surface area contributed by atoms with Gasteiger partial charge in [0.15, 0.2) is 0 Å². The van der Waals surface area contributed by atoms with E-state index in [0.29, 0.717) is 25.8 Å². The first-order chi connectivity index (χ1) is 22.8. The number of nitrogens with one attached hydrogen (secondary N) is 2. The van der Waals surface area contributed by atoms with Crippen molar-refractivity contribution in [2.75, 3.05) is 32.7 Å². The number of hydrogen-bond donors (Lipinski definition) is 3. The summed E-state index contributed by atoms with van der Waals surface area (Å²) < 4.78 is 1.70. The number of benzene rings is 3. The Morgan fingerprint density at radius 2 is 1.62 bits per heavy atom. The molecule has 246 valence electrons. The molecule has 2 aliphatic heterocycles. The molecule has 1 aromatic heterocycles. The molecule has 2 saturated heterocycles. The molecular weight excluding hydrogens is 596 g/mol. The molecule has 12 heteroatoms. The number of fused-ring (bicyclic) bond motifs is 1. The highest BCUT2D eigenvalue weighted by atomic mass is 16.4. The molecule has 2 aliphatic rings. The quantitative estimate of drug-likeness (QED) is 0.228. The Labute approximate surface area is 274 Å². The Bertz CT molecular complexity index is 1670. The second-order valence-electron chi connectivity index (χ2n) is 12.5. The van der Waals surface area contributed by atoms with E-state index in [0.717, 1.165) is 54.9 Å². The van der Waals surface area contributed by atoms with Crippen LogP contribution in [0.15, 0.2) is 78.9 Å². The summed E-state index contributed by atoms with van der Waals surface area (Å²) in [5.74, 6) is -0.616. The zero-order chi connectivity index (χ0) is 32.8. The van der Waals surface area contributed by atoms with Crippen molar-refractivity contribution in [3.63, 3.8) is 0 Å². The first-order valence-corrected chi connectivity index (χ1v) is 16.2. The Balaban J connectivity index is 1.15. The van der Waals surface area contributed by atoms with Gasteiger partial charge in [0.1, 0.15) is 17.6 Å². The minimum absolute atomic E-state index is 0.0101. The van der Waals surface area contributed by atoms with E-state index in [1.54, 1.807) is 9.58 Å². The van der Waals surface area contributed by atoms with Gasteiger partial charge in [-0.2, -0.15) is 0 Å². The number of nitrogens with zero attached hydrogens (tertiary/aromatic N) is 6. The molecule has 3 amide bonds. The lowest BCUT2D eigenvalue weighted by Crippen LogP contribution is -2.54. The molecule has 0 saturated carbocycles. The zero-order valence-electron chi connectivity index (χ0n) is 26.7. The van der Waals surface area contributed by atoms with E-state index in [4.69, 9.17) is 0 Å². The SMILES string of the molecule is Cn1nnc2cc(CNC(=O)[C@@H]3C[C@H](N4CCN(Cc5ccccc5)CC4)CN3C(=O)C(CCc3ccccc3)NC(=O)O)ccc21. The standard InChI is InChI=1S/C35H42N8O4/c1-40-31-15-13-27(20-30(31)38-39-40)22-36-33(44)32-21-28(42-18-16-41(17-19-42)23-26-10-6-3-7-11-26)24-43(32)34(45)29(37-35(46)47)14-12-25-8-4-2-5-9-25/h2-11,13,15,20,28-29,32,37H,12,14,16-19,21-24H2,1H3,(H,36,44)(H,46,47)/t28-,29?,32-/m0/s1. The van der Waals surface area contributed by atoms with Crippen LogP contribution in [0.1, 0.15) is 29.5 Å². The molecule has 3 heterocycles. The summed E-state index contributed by atoms with van der Waals surface area (Å²) in [5, 5.41) is 23.4. The van der Waals surface area contributed by atoms with Gasteiger partial charge in [0, 0.05) is 58.9 Å². The lowest BCUT2D eigenvalue weighted by Gasteiger charge is -2.38. The van der Waals surface area contributed by atoms with Gasteiger partial charge in [-0.3, -0.25) is 19.4 Å². The maximum absolute atomic E-state index is 14.1. The van der Waals surface area contributed by atoms with E-state index >= 15 is 0 Å². The molecule has 2 fully saturated rings. The number of hydrogen-bond acceptors (Lipinski definition) is 7. The van der Waals surface area contributed by atoms with Crippen LogP contribution in [0.5, 0.6) is 0 Å². The highest BCUT2D eigenvalue weighted by molar-refractivity contribution is 5.92. The number of aryl methyl sites for hydroxylation is 2. The fourth-order valence-corrected chi connectivity index (χ4v) is 6.76. The van der Waals surface area contributed by atoms with Crippen LogP contribution < -0.4 is 10.6 Å². The minimum Gasteiger partial charge on any atom is -0.465 e.